The molecule has 0 saturated heterocycles. The molecule has 2 nitrogen and oxygen atoms in total. The summed E-state index contributed by atoms with van der Waals surface area (Å²) in [5, 5.41) is 0. The number of rotatable bonds is 1. The summed E-state index contributed by atoms with van der Waals surface area (Å²) < 4.78 is 2.04. The van der Waals surface area contributed by atoms with Gasteiger partial charge in [0.1, 0.15) is 5.82 Å². The molecule has 19 heavy (non-hydrogen) atoms. The fraction of sp³-hybridized carbons (Fsp3) is 0.267. The van der Waals surface area contributed by atoms with E-state index in [9.17, 15) is 0 Å². The molecule has 0 radical (unpaired) electrons. The predicted octanol–water partition coefficient (Wildman–Crippen LogP) is 4.56. The molecule has 3 rings (SSSR count). The number of hydrogen-bond donors (Lipinski definition) is 0. The van der Waals surface area contributed by atoms with E-state index >= 15 is 0 Å². The van der Waals surface area contributed by atoms with Crippen LogP contribution in [0.3, 0.4) is 0 Å². The summed E-state index contributed by atoms with van der Waals surface area (Å²) in [5.74, 6) is 1.03. The van der Waals surface area contributed by atoms with Gasteiger partial charge in [0.25, 0.3) is 0 Å². The first kappa shape index (κ1) is 13.1. The average Bonchev–Trinajstić information content (AvgIpc) is 2.60. The molecule has 0 saturated carbocycles. The molecule has 1 aromatic carbocycles. The number of halogens is 2. The van der Waals surface area contributed by atoms with Crippen LogP contribution in [0.1, 0.15) is 17.5 Å². The average molecular weight is 382 g/mol. The van der Waals surface area contributed by atoms with Gasteiger partial charge in [0.2, 0.25) is 0 Å². The van der Waals surface area contributed by atoms with Crippen LogP contribution in [-0.2, 0) is 13.0 Å². The maximum Gasteiger partial charge on any atom is 0.143 e. The molecule has 1 aliphatic rings. The predicted molar refractivity (Wildman–Crippen MR) is 85.5 cm³/mol. The first-order chi connectivity index (χ1) is 9.24. The molecule has 0 N–H and O–H groups in total. The van der Waals surface area contributed by atoms with E-state index in [2.05, 4.69) is 72.1 Å². The minimum atomic E-state index is 0.934. The first-order valence-electron chi connectivity index (χ1n) is 6.37. The molecule has 2 aromatic rings. The van der Waals surface area contributed by atoms with Crippen molar-refractivity contribution < 1.29 is 0 Å². The number of anilines is 1. The van der Waals surface area contributed by atoms with Gasteiger partial charge in [0, 0.05) is 23.8 Å². The van der Waals surface area contributed by atoms with Gasteiger partial charge in [0.05, 0.1) is 4.47 Å². The Bertz CT molecular complexity index is 598. The van der Waals surface area contributed by atoms with Crippen molar-refractivity contribution in [2.24, 2.45) is 0 Å². The molecule has 2 heterocycles. The zero-order valence-corrected chi connectivity index (χ0v) is 13.6. The minimum Gasteiger partial charge on any atom is -0.351 e. The molecule has 0 aliphatic carbocycles. The third-order valence-electron chi connectivity index (χ3n) is 3.44. The van der Waals surface area contributed by atoms with Gasteiger partial charge in [-0.1, -0.05) is 24.3 Å². The van der Waals surface area contributed by atoms with Crippen molar-refractivity contribution in [3.8, 4) is 0 Å². The SMILES string of the molecule is Brc1cnc(N2CCCc3ccccc3C2)c(Br)c1. The van der Waals surface area contributed by atoms with Gasteiger partial charge in [-0.2, -0.15) is 0 Å². The van der Waals surface area contributed by atoms with Gasteiger partial charge in [-0.05, 0) is 61.9 Å². The fourth-order valence-electron chi connectivity index (χ4n) is 2.52. The summed E-state index contributed by atoms with van der Waals surface area (Å²) in [7, 11) is 0. The Labute approximate surface area is 130 Å². The van der Waals surface area contributed by atoms with Crippen molar-refractivity contribution >= 4 is 37.7 Å². The minimum absolute atomic E-state index is 0.934. The van der Waals surface area contributed by atoms with Crippen LogP contribution in [0, 0.1) is 0 Å². The van der Waals surface area contributed by atoms with Gasteiger partial charge >= 0.3 is 0 Å². The molecular weight excluding hydrogens is 368 g/mol. The molecule has 0 bridgehead atoms. The molecule has 1 aromatic heterocycles. The van der Waals surface area contributed by atoms with Gasteiger partial charge < -0.3 is 4.90 Å². The molecule has 98 valence electrons. The van der Waals surface area contributed by atoms with Gasteiger partial charge in [-0.25, -0.2) is 4.98 Å². The van der Waals surface area contributed by atoms with Crippen molar-refractivity contribution in [3.63, 3.8) is 0 Å². The smallest absolute Gasteiger partial charge is 0.143 e. The highest BCUT2D eigenvalue weighted by atomic mass is 79.9. The van der Waals surface area contributed by atoms with E-state index in [0.717, 1.165) is 34.3 Å². The van der Waals surface area contributed by atoms with Crippen molar-refractivity contribution in [3.05, 3.63) is 56.6 Å². The molecule has 0 spiro atoms. The highest BCUT2D eigenvalue weighted by Crippen LogP contribution is 2.30. The standard InChI is InChI=1S/C15H14Br2N2/c16-13-8-14(17)15(18-9-13)19-7-3-6-11-4-1-2-5-12(11)10-19/h1-2,4-5,8-9H,3,6-7,10H2. The highest BCUT2D eigenvalue weighted by molar-refractivity contribution is 9.11. The summed E-state index contributed by atoms with van der Waals surface area (Å²) in [6.45, 7) is 1.98. The van der Waals surface area contributed by atoms with Crippen LogP contribution >= 0.6 is 31.9 Å². The van der Waals surface area contributed by atoms with E-state index in [-0.39, 0.29) is 0 Å². The molecule has 0 fully saturated rings. The van der Waals surface area contributed by atoms with E-state index in [1.807, 2.05) is 6.20 Å². The van der Waals surface area contributed by atoms with Crippen LogP contribution in [0.15, 0.2) is 45.5 Å². The highest BCUT2D eigenvalue weighted by Gasteiger charge is 2.17. The Morgan fingerprint density at radius 2 is 1.89 bits per heavy atom. The second kappa shape index (κ2) is 5.63. The lowest BCUT2D eigenvalue weighted by atomic mass is 10.0. The van der Waals surface area contributed by atoms with Gasteiger partial charge in [0.15, 0.2) is 0 Å². The number of hydrogen-bond acceptors (Lipinski definition) is 2. The lowest BCUT2D eigenvalue weighted by Crippen LogP contribution is -2.23. The van der Waals surface area contributed by atoms with Gasteiger partial charge in [-0.3, -0.25) is 0 Å². The topological polar surface area (TPSA) is 16.1 Å². The lowest BCUT2D eigenvalue weighted by Gasteiger charge is -2.23. The normalized spacial score (nSPS) is 14.9. The van der Waals surface area contributed by atoms with Crippen LogP contribution in [-0.4, -0.2) is 11.5 Å². The fourth-order valence-corrected chi connectivity index (χ4v) is 3.76. The monoisotopic (exact) mass is 380 g/mol. The number of nitrogens with zero attached hydrogens (tertiary/aromatic N) is 2. The molecular formula is C15H14Br2N2. The van der Waals surface area contributed by atoms with Crippen LogP contribution in [0.25, 0.3) is 0 Å². The van der Waals surface area contributed by atoms with Crippen molar-refractivity contribution in [2.75, 3.05) is 11.4 Å². The molecule has 1 aliphatic heterocycles. The zero-order valence-electron chi connectivity index (χ0n) is 10.4. The number of aromatic nitrogens is 1. The quantitative estimate of drug-likeness (QED) is 0.719. The largest absolute Gasteiger partial charge is 0.351 e. The Hall–Kier alpha value is -0.870. The maximum atomic E-state index is 4.55. The Kier molecular flexibility index (Phi) is 3.89. The van der Waals surface area contributed by atoms with E-state index in [4.69, 9.17) is 0 Å². The first-order valence-corrected chi connectivity index (χ1v) is 7.95. The summed E-state index contributed by atoms with van der Waals surface area (Å²) >= 11 is 7.06. The van der Waals surface area contributed by atoms with E-state index in [1.165, 1.54) is 17.5 Å². The molecule has 0 amide bonds. The Morgan fingerprint density at radius 3 is 2.68 bits per heavy atom. The van der Waals surface area contributed by atoms with Crippen LogP contribution < -0.4 is 4.90 Å². The number of fused-ring (bicyclic) bond motifs is 1. The van der Waals surface area contributed by atoms with Crippen molar-refractivity contribution in [1.29, 1.82) is 0 Å². The third kappa shape index (κ3) is 2.84. The third-order valence-corrected chi connectivity index (χ3v) is 4.46. The summed E-state index contributed by atoms with van der Waals surface area (Å²) in [6.07, 6.45) is 4.18. The van der Waals surface area contributed by atoms with Gasteiger partial charge in [-0.15, -0.1) is 0 Å². The van der Waals surface area contributed by atoms with E-state index in [1.54, 1.807) is 0 Å². The lowest BCUT2D eigenvalue weighted by molar-refractivity contribution is 0.752. The van der Waals surface area contributed by atoms with Crippen LogP contribution in [0.2, 0.25) is 0 Å². The maximum absolute atomic E-state index is 4.55. The van der Waals surface area contributed by atoms with E-state index in [0.29, 0.717) is 0 Å². The summed E-state index contributed by atoms with van der Waals surface area (Å²) in [5.41, 5.74) is 2.88. The second-order valence-corrected chi connectivity index (χ2v) is 6.52. The molecule has 0 atom stereocenters. The van der Waals surface area contributed by atoms with Crippen molar-refractivity contribution in [1.82, 2.24) is 4.98 Å². The summed E-state index contributed by atoms with van der Waals surface area (Å²) in [6, 6.07) is 10.8. The second-order valence-electron chi connectivity index (χ2n) is 4.75. The number of pyridine rings is 1. The van der Waals surface area contributed by atoms with Crippen molar-refractivity contribution in [2.45, 2.75) is 19.4 Å². The summed E-state index contributed by atoms with van der Waals surface area (Å²) in [4.78, 5) is 6.90. The number of aryl methyl sites for hydroxylation is 1. The van der Waals surface area contributed by atoms with Crippen LogP contribution in [0.4, 0.5) is 5.82 Å². The van der Waals surface area contributed by atoms with E-state index < -0.39 is 0 Å². The molecule has 0 unspecified atom stereocenters. The Balaban J connectivity index is 1.94. The zero-order chi connectivity index (χ0) is 13.2. The van der Waals surface area contributed by atoms with Crippen LogP contribution in [0.5, 0.6) is 0 Å². The number of benzene rings is 1. The molecule has 4 heteroatoms. The Morgan fingerprint density at radius 1 is 1.11 bits per heavy atom.